The topological polar surface area (TPSA) is 125 Å². The number of allylic oxidation sites excluding steroid dienone is 2. The molecule has 10 heteroatoms. The molecule has 2 aromatic rings. The largest absolute Gasteiger partial charge is 0.464 e. The number of furan rings is 1. The second-order valence-corrected chi connectivity index (χ2v) is 10.7. The SMILES string of the molecule is C=C1C2=CC(C)(C)[C@H](c3ccc(C)o3)NC2=C1Nc1ccc(Cl)c2c1C(=O)N(CCN(C)N)C2.C=CNN. The summed E-state index contributed by atoms with van der Waals surface area (Å²) in [5.74, 6) is 12.1. The number of hydrazine groups is 2. The summed E-state index contributed by atoms with van der Waals surface area (Å²) in [6, 6.07) is 7.68. The van der Waals surface area contributed by atoms with Gasteiger partial charge in [-0.05, 0) is 31.2 Å². The van der Waals surface area contributed by atoms with Gasteiger partial charge in [-0.25, -0.2) is 5.01 Å². The number of benzene rings is 1. The van der Waals surface area contributed by atoms with E-state index >= 15 is 0 Å². The molecular formula is C28H36ClN7O2. The van der Waals surface area contributed by atoms with Crippen molar-refractivity contribution < 1.29 is 9.21 Å². The summed E-state index contributed by atoms with van der Waals surface area (Å²) in [4.78, 5) is 15.0. The zero-order chi connectivity index (χ0) is 27.8. The minimum atomic E-state index is -0.161. The van der Waals surface area contributed by atoms with Crippen LogP contribution in [-0.4, -0.2) is 36.0 Å². The molecule has 7 N–H and O–H groups in total. The van der Waals surface area contributed by atoms with Crippen molar-refractivity contribution >= 4 is 23.2 Å². The van der Waals surface area contributed by atoms with Crippen LogP contribution in [-0.2, 0) is 6.54 Å². The maximum atomic E-state index is 13.2. The molecule has 0 radical (unpaired) electrons. The van der Waals surface area contributed by atoms with E-state index in [0.717, 1.165) is 45.3 Å². The van der Waals surface area contributed by atoms with Gasteiger partial charge in [-0.15, -0.1) is 0 Å². The minimum absolute atomic E-state index is 0.0221. The lowest BCUT2D eigenvalue weighted by molar-refractivity contribution is 0.0765. The van der Waals surface area contributed by atoms with Gasteiger partial charge in [0.15, 0.2) is 0 Å². The van der Waals surface area contributed by atoms with Crippen LogP contribution < -0.4 is 27.7 Å². The molecule has 0 fully saturated rings. The summed E-state index contributed by atoms with van der Waals surface area (Å²) >= 11 is 6.48. The van der Waals surface area contributed by atoms with E-state index < -0.39 is 0 Å². The number of fused-ring (bicyclic) bond motifs is 2. The van der Waals surface area contributed by atoms with E-state index in [9.17, 15) is 4.79 Å². The van der Waals surface area contributed by atoms with Gasteiger partial charge >= 0.3 is 0 Å². The first kappa shape index (κ1) is 27.5. The number of likely N-dealkylation sites (N-methyl/N-ethyl adjacent to an activating group) is 1. The zero-order valence-corrected chi connectivity index (χ0v) is 23.1. The molecule has 0 saturated heterocycles. The molecule has 5 rings (SSSR count). The lowest BCUT2D eigenvalue weighted by atomic mass is 9.72. The summed E-state index contributed by atoms with van der Waals surface area (Å²) in [6.07, 6.45) is 3.65. The molecule has 2 aliphatic heterocycles. The summed E-state index contributed by atoms with van der Waals surface area (Å²) in [5.41, 5.74) is 8.09. The zero-order valence-electron chi connectivity index (χ0n) is 22.3. The number of carbonyl (C=O) groups is 1. The third kappa shape index (κ3) is 5.10. The summed E-state index contributed by atoms with van der Waals surface area (Å²) < 4.78 is 5.95. The van der Waals surface area contributed by atoms with Crippen LogP contribution in [0.5, 0.6) is 0 Å². The monoisotopic (exact) mass is 537 g/mol. The van der Waals surface area contributed by atoms with Crippen LogP contribution in [0.25, 0.3) is 0 Å². The predicted molar refractivity (Wildman–Crippen MR) is 152 cm³/mol. The van der Waals surface area contributed by atoms with Gasteiger partial charge in [0, 0.05) is 60.0 Å². The van der Waals surface area contributed by atoms with Crippen molar-refractivity contribution in [3.8, 4) is 0 Å². The maximum Gasteiger partial charge on any atom is 0.256 e. The molecule has 1 atom stereocenters. The van der Waals surface area contributed by atoms with Crippen molar-refractivity contribution in [2.75, 3.05) is 25.5 Å². The Kier molecular flexibility index (Phi) is 7.75. The van der Waals surface area contributed by atoms with Crippen molar-refractivity contribution in [3.63, 3.8) is 0 Å². The third-order valence-corrected chi connectivity index (χ3v) is 7.30. The average molecular weight is 538 g/mol. The lowest BCUT2D eigenvalue weighted by Gasteiger charge is -2.44. The molecule has 1 aliphatic carbocycles. The molecule has 3 heterocycles. The Morgan fingerprint density at radius 3 is 2.66 bits per heavy atom. The van der Waals surface area contributed by atoms with Gasteiger partial charge in [-0.3, -0.25) is 16.5 Å². The highest BCUT2D eigenvalue weighted by Crippen LogP contribution is 2.50. The van der Waals surface area contributed by atoms with E-state index in [1.54, 1.807) is 17.0 Å². The highest BCUT2D eigenvalue weighted by molar-refractivity contribution is 6.32. The number of carbonyl (C=O) groups excluding carboxylic acids is 1. The average Bonchev–Trinajstić information content (AvgIpc) is 3.45. The van der Waals surface area contributed by atoms with Gasteiger partial charge in [-0.1, -0.05) is 44.7 Å². The molecule has 9 nitrogen and oxygen atoms in total. The van der Waals surface area contributed by atoms with Crippen LogP contribution in [0.15, 0.2) is 76.7 Å². The second kappa shape index (κ2) is 10.7. The Morgan fingerprint density at radius 2 is 2.05 bits per heavy atom. The van der Waals surface area contributed by atoms with Crippen LogP contribution in [0.1, 0.15) is 47.3 Å². The number of nitrogens with one attached hydrogen (secondary N) is 3. The molecule has 1 aromatic carbocycles. The number of nitrogens with two attached hydrogens (primary N) is 2. The first-order chi connectivity index (χ1) is 18.0. The molecule has 38 heavy (non-hydrogen) atoms. The fourth-order valence-electron chi connectivity index (χ4n) is 4.93. The second-order valence-electron chi connectivity index (χ2n) is 10.3. The van der Waals surface area contributed by atoms with Crippen molar-refractivity contribution in [2.45, 2.75) is 33.4 Å². The van der Waals surface area contributed by atoms with Crippen LogP contribution in [0.4, 0.5) is 5.69 Å². The quantitative estimate of drug-likeness (QED) is 0.264. The summed E-state index contributed by atoms with van der Waals surface area (Å²) in [6.45, 7) is 15.4. The number of anilines is 1. The fourth-order valence-corrected chi connectivity index (χ4v) is 5.14. The Balaban J connectivity index is 0.000000786. The van der Waals surface area contributed by atoms with Crippen LogP contribution in [0, 0.1) is 12.3 Å². The van der Waals surface area contributed by atoms with Gasteiger partial charge in [0.05, 0.1) is 28.7 Å². The van der Waals surface area contributed by atoms with Crippen molar-refractivity contribution in [1.29, 1.82) is 0 Å². The highest BCUT2D eigenvalue weighted by atomic mass is 35.5. The van der Waals surface area contributed by atoms with E-state index in [1.807, 2.05) is 31.2 Å². The smallest absolute Gasteiger partial charge is 0.256 e. The first-order valence-corrected chi connectivity index (χ1v) is 12.8. The molecule has 0 spiro atoms. The minimum Gasteiger partial charge on any atom is -0.464 e. The Hall–Kier alpha value is -3.50. The van der Waals surface area contributed by atoms with Crippen LogP contribution in [0.3, 0.4) is 0 Å². The van der Waals surface area contributed by atoms with Gasteiger partial charge in [-0.2, -0.15) is 0 Å². The number of aryl methyl sites for hydroxylation is 1. The van der Waals surface area contributed by atoms with Gasteiger partial charge < -0.3 is 25.4 Å². The highest BCUT2D eigenvalue weighted by Gasteiger charge is 2.43. The molecule has 202 valence electrons. The Labute approximate surface area is 228 Å². The first-order valence-electron chi connectivity index (χ1n) is 12.4. The predicted octanol–water partition coefficient (Wildman–Crippen LogP) is 4.09. The Bertz CT molecular complexity index is 1340. The number of rotatable bonds is 7. The lowest BCUT2D eigenvalue weighted by Crippen LogP contribution is -2.42. The number of hydrogen-bond donors (Lipinski definition) is 5. The Morgan fingerprint density at radius 1 is 1.34 bits per heavy atom. The number of halogens is 1. The van der Waals surface area contributed by atoms with E-state index in [0.29, 0.717) is 30.2 Å². The van der Waals surface area contributed by atoms with Gasteiger partial charge in [0.1, 0.15) is 11.5 Å². The van der Waals surface area contributed by atoms with Crippen molar-refractivity contribution in [3.05, 3.63) is 99.9 Å². The van der Waals surface area contributed by atoms with E-state index in [1.165, 1.54) is 6.20 Å². The molecular weight excluding hydrogens is 502 g/mol. The van der Waals surface area contributed by atoms with E-state index in [4.69, 9.17) is 21.9 Å². The van der Waals surface area contributed by atoms with Crippen molar-refractivity contribution in [1.82, 2.24) is 20.7 Å². The van der Waals surface area contributed by atoms with Crippen LogP contribution in [0.2, 0.25) is 5.02 Å². The number of amides is 1. The molecule has 0 unspecified atom stereocenters. The molecule has 3 aliphatic rings. The van der Waals surface area contributed by atoms with E-state index in [2.05, 4.69) is 55.0 Å². The standard InChI is InChI=1S/C26H30ClN5O2.C2H6N2/c1-14-6-9-20(34-14)24-26(3,4)12-16-15(2)22(23(16)30-24)29-19-8-7-18(27)17-13-32(11-10-31(5)28)25(33)21(17)19;1-2-4-3/h6-9,12,24,29-30H,2,10-11,13,28H2,1,3-5H3;2,4H,1,3H2/t24-;/m0./s1. The van der Waals surface area contributed by atoms with Crippen molar-refractivity contribution in [2.24, 2.45) is 17.1 Å². The number of nitrogens with zero attached hydrogens (tertiary/aromatic N) is 2. The van der Waals surface area contributed by atoms with Gasteiger partial charge in [0.2, 0.25) is 0 Å². The normalized spacial score (nSPS) is 19.1. The number of hydrogen-bond acceptors (Lipinski definition) is 8. The molecule has 0 bridgehead atoms. The van der Waals surface area contributed by atoms with E-state index in [-0.39, 0.29) is 17.4 Å². The summed E-state index contributed by atoms with van der Waals surface area (Å²) in [5, 5.41) is 9.30. The van der Waals surface area contributed by atoms with Crippen LogP contribution >= 0.6 is 11.6 Å². The van der Waals surface area contributed by atoms with Gasteiger partial charge in [0.25, 0.3) is 5.91 Å². The summed E-state index contributed by atoms with van der Waals surface area (Å²) in [7, 11) is 1.78. The third-order valence-electron chi connectivity index (χ3n) is 6.95. The molecule has 1 amide bonds. The molecule has 1 aromatic heterocycles. The molecule has 0 saturated carbocycles. The fraction of sp³-hybridized carbons (Fsp3) is 0.321. The maximum absolute atomic E-state index is 13.2.